The highest BCUT2D eigenvalue weighted by atomic mass is 32.2. The molecule has 3 nitrogen and oxygen atoms in total. The molecular weight excluding hydrogens is 218 g/mol. The van der Waals surface area contributed by atoms with Gasteiger partial charge < -0.3 is 10.2 Å². The van der Waals surface area contributed by atoms with E-state index in [2.05, 4.69) is 40.8 Å². The number of nitrogens with one attached hydrogen (secondary N) is 1. The van der Waals surface area contributed by atoms with Crippen LogP contribution in [0.4, 0.5) is 0 Å². The van der Waals surface area contributed by atoms with Gasteiger partial charge in [0, 0.05) is 37.2 Å². The number of aliphatic imine (C=N–C) groups is 1. The summed E-state index contributed by atoms with van der Waals surface area (Å²) >= 11 is 2.11. The van der Waals surface area contributed by atoms with Crippen molar-refractivity contribution in [2.24, 2.45) is 10.9 Å². The van der Waals surface area contributed by atoms with Crippen molar-refractivity contribution in [1.29, 1.82) is 0 Å². The summed E-state index contributed by atoms with van der Waals surface area (Å²) in [5.74, 6) is 3.11. The first-order chi connectivity index (χ1) is 7.70. The Morgan fingerprint density at radius 2 is 2.19 bits per heavy atom. The molecule has 2 fully saturated rings. The molecule has 0 aromatic heterocycles. The van der Waals surface area contributed by atoms with Crippen molar-refractivity contribution in [2.45, 2.75) is 38.0 Å². The van der Waals surface area contributed by atoms with Crippen LogP contribution in [0.15, 0.2) is 4.99 Å². The van der Waals surface area contributed by atoms with Crippen molar-refractivity contribution in [3.05, 3.63) is 0 Å². The summed E-state index contributed by atoms with van der Waals surface area (Å²) in [6.45, 7) is 6.92. The van der Waals surface area contributed by atoms with Crippen molar-refractivity contribution in [3.63, 3.8) is 0 Å². The predicted molar refractivity (Wildman–Crippen MR) is 72.2 cm³/mol. The number of hydrogen-bond acceptors (Lipinski definition) is 2. The van der Waals surface area contributed by atoms with Crippen molar-refractivity contribution in [3.8, 4) is 0 Å². The van der Waals surface area contributed by atoms with E-state index in [0.29, 0.717) is 6.04 Å². The van der Waals surface area contributed by atoms with Crippen LogP contribution in [0.1, 0.15) is 26.7 Å². The number of rotatable bonds is 2. The summed E-state index contributed by atoms with van der Waals surface area (Å²) < 4.78 is 0. The Morgan fingerprint density at radius 1 is 1.44 bits per heavy atom. The molecule has 1 saturated heterocycles. The number of hydrogen-bond donors (Lipinski definition) is 1. The van der Waals surface area contributed by atoms with E-state index in [1.807, 2.05) is 7.05 Å². The fourth-order valence-electron chi connectivity index (χ4n) is 1.98. The van der Waals surface area contributed by atoms with Crippen molar-refractivity contribution >= 4 is 17.7 Å². The summed E-state index contributed by atoms with van der Waals surface area (Å²) in [6, 6.07) is 0.700. The van der Waals surface area contributed by atoms with Crippen molar-refractivity contribution in [1.82, 2.24) is 10.2 Å². The summed E-state index contributed by atoms with van der Waals surface area (Å²) in [7, 11) is 1.90. The molecule has 1 atom stereocenters. The Morgan fingerprint density at radius 3 is 2.75 bits per heavy atom. The number of nitrogens with zero attached hydrogens (tertiary/aromatic N) is 2. The van der Waals surface area contributed by atoms with Gasteiger partial charge in [0.25, 0.3) is 0 Å². The zero-order valence-corrected chi connectivity index (χ0v) is 11.4. The van der Waals surface area contributed by atoms with E-state index >= 15 is 0 Å². The first-order valence-electron chi connectivity index (χ1n) is 6.30. The maximum atomic E-state index is 4.41. The number of thioether (sulfide) groups is 1. The average Bonchev–Trinajstić information content (AvgIpc) is 3.10. The smallest absolute Gasteiger partial charge is 0.193 e. The van der Waals surface area contributed by atoms with Gasteiger partial charge in [-0.2, -0.15) is 11.8 Å². The highest BCUT2D eigenvalue weighted by Crippen LogP contribution is 2.25. The van der Waals surface area contributed by atoms with Gasteiger partial charge in [0.05, 0.1) is 0 Å². The summed E-state index contributed by atoms with van der Waals surface area (Å²) in [5, 5.41) is 4.29. The minimum Gasteiger partial charge on any atom is -0.354 e. The van der Waals surface area contributed by atoms with Crippen LogP contribution in [0.2, 0.25) is 0 Å². The molecule has 4 heteroatoms. The van der Waals surface area contributed by atoms with E-state index in [1.54, 1.807) is 0 Å². The molecule has 1 N–H and O–H groups in total. The Labute approximate surface area is 103 Å². The maximum absolute atomic E-state index is 4.41. The molecule has 0 bridgehead atoms. The topological polar surface area (TPSA) is 27.6 Å². The van der Waals surface area contributed by atoms with Gasteiger partial charge in [0.15, 0.2) is 5.96 Å². The molecule has 0 radical (unpaired) electrons. The molecule has 0 aromatic carbocycles. The fourth-order valence-corrected chi connectivity index (χ4v) is 3.28. The SMILES string of the molecule is CN=C(NC1CC1)N1CCSC(C(C)C)C1. The van der Waals surface area contributed by atoms with Crippen LogP contribution in [-0.2, 0) is 0 Å². The van der Waals surface area contributed by atoms with Crippen LogP contribution < -0.4 is 5.32 Å². The lowest BCUT2D eigenvalue weighted by molar-refractivity contribution is 0.380. The molecule has 2 aliphatic rings. The van der Waals surface area contributed by atoms with Crippen LogP contribution in [0.3, 0.4) is 0 Å². The van der Waals surface area contributed by atoms with E-state index in [0.717, 1.165) is 30.2 Å². The third-order valence-electron chi connectivity index (χ3n) is 3.26. The Hall–Kier alpha value is -0.380. The normalized spacial score (nSPS) is 27.4. The summed E-state index contributed by atoms with van der Waals surface area (Å²) in [4.78, 5) is 6.84. The van der Waals surface area contributed by atoms with Gasteiger partial charge in [-0.05, 0) is 18.8 Å². The van der Waals surface area contributed by atoms with Crippen LogP contribution in [0.5, 0.6) is 0 Å². The second kappa shape index (κ2) is 5.30. The maximum Gasteiger partial charge on any atom is 0.193 e. The number of guanidine groups is 1. The van der Waals surface area contributed by atoms with Crippen LogP contribution in [0.25, 0.3) is 0 Å². The lowest BCUT2D eigenvalue weighted by Crippen LogP contribution is -2.49. The average molecular weight is 241 g/mol. The van der Waals surface area contributed by atoms with E-state index in [1.165, 1.54) is 18.6 Å². The first-order valence-corrected chi connectivity index (χ1v) is 7.35. The van der Waals surface area contributed by atoms with Gasteiger partial charge in [0.1, 0.15) is 0 Å². The van der Waals surface area contributed by atoms with Crippen LogP contribution in [0, 0.1) is 5.92 Å². The van der Waals surface area contributed by atoms with Gasteiger partial charge in [-0.1, -0.05) is 13.8 Å². The molecule has 16 heavy (non-hydrogen) atoms. The van der Waals surface area contributed by atoms with Gasteiger partial charge >= 0.3 is 0 Å². The molecule has 1 aliphatic carbocycles. The third-order valence-corrected chi connectivity index (χ3v) is 4.80. The molecule has 2 rings (SSSR count). The zero-order chi connectivity index (χ0) is 11.5. The Kier molecular flexibility index (Phi) is 4.00. The quantitative estimate of drug-likeness (QED) is 0.590. The highest BCUT2D eigenvalue weighted by Gasteiger charge is 2.28. The lowest BCUT2D eigenvalue weighted by atomic mass is 10.1. The molecule has 92 valence electrons. The van der Waals surface area contributed by atoms with Crippen molar-refractivity contribution < 1.29 is 0 Å². The van der Waals surface area contributed by atoms with Gasteiger partial charge in [0.2, 0.25) is 0 Å². The highest BCUT2D eigenvalue weighted by molar-refractivity contribution is 8.00. The molecule has 1 unspecified atom stereocenters. The van der Waals surface area contributed by atoms with Crippen molar-refractivity contribution in [2.75, 3.05) is 25.9 Å². The summed E-state index contributed by atoms with van der Waals surface area (Å²) in [5.41, 5.74) is 0. The molecular formula is C12H23N3S. The second-order valence-corrected chi connectivity index (χ2v) is 6.41. The monoisotopic (exact) mass is 241 g/mol. The first kappa shape index (κ1) is 12.1. The Balaban J connectivity index is 1.90. The molecule has 0 amide bonds. The predicted octanol–water partition coefficient (Wildman–Crippen LogP) is 1.80. The third kappa shape index (κ3) is 3.06. The van der Waals surface area contributed by atoms with Gasteiger partial charge in [-0.25, -0.2) is 0 Å². The molecule has 1 saturated carbocycles. The lowest BCUT2D eigenvalue weighted by Gasteiger charge is -2.36. The van der Waals surface area contributed by atoms with E-state index in [-0.39, 0.29) is 0 Å². The van der Waals surface area contributed by atoms with E-state index < -0.39 is 0 Å². The fraction of sp³-hybridized carbons (Fsp3) is 0.917. The molecule has 1 heterocycles. The summed E-state index contributed by atoms with van der Waals surface area (Å²) in [6.07, 6.45) is 2.63. The Bertz CT molecular complexity index is 261. The van der Waals surface area contributed by atoms with Crippen LogP contribution >= 0.6 is 11.8 Å². The van der Waals surface area contributed by atoms with Gasteiger partial charge in [-0.3, -0.25) is 4.99 Å². The zero-order valence-electron chi connectivity index (χ0n) is 10.6. The standard InChI is InChI=1S/C12H23N3S/c1-9(2)11-8-15(6-7-16-11)12(13-3)14-10-4-5-10/h9-11H,4-8H2,1-3H3,(H,13,14). The minimum absolute atomic E-state index is 0.700. The largest absolute Gasteiger partial charge is 0.354 e. The molecule has 0 aromatic rings. The second-order valence-electron chi connectivity index (χ2n) is 5.07. The van der Waals surface area contributed by atoms with E-state index in [9.17, 15) is 0 Å². The molecule has 1 aliphatic heterocycles. The minimum atomic E-state index is 0.700. The molecule has 0 spiro atoms. The van der Waals surface area contributed by atoms with Gasteiger partial charge in [-0.15, -0.1) is 0 Å². The van der Waals surface area contributed by atoms with E-state index in [4.69, 9.17) is 0 Å². The van der Waals surface area contributed by atoms with Crippen LogP contribution in [-0.4, -0.2) is 48.0 Å².